The molecule has 1 aliphatic heterocycles. The summed E-state index contributed by atoms with van der Waals surface area (Å²) in [5, 5.41) is 3.54. The van der Waals surface area contributed by atoms with Crippen molar-refractivity contribution in [2.45, 2.75) is 44.7 Å². The molecule has 0 radical (unpaired) electrons. The average Bonchev–Trinajstić information content (AvgIpc) is 2.42. The largest absolute Gasteiger partial charge is 0.344 e. The highest BCUT2D eigenvalue weighted by Crippen LogP contribution is 2.13. The average molecular weight is 278 g/mol. The van der Waals surface area contributed by atoms with Crippen molar-refractivity contribution >= 4 is 5.91 Å². The van der Waals surface area contributed by atoms with E-state index in [0.29, 0.717) is 18.5 Å². The Kier molecular flexibility index (Phi) is 5.12. The number of benzene rings is 1. The van der Waals surface area contributed by atoms with Crippen LogP contribution in [-0.4, -0.2) is 36.5 Å². The number of piperidine rings is 1. The number of halogens is 1. The van der Waals surface area contributed by atoms with Crippen LogP contribution >= 0.6 is 0 Å². The molecular weight excluding hydrogens is 255 g/mol. The molecule has 2 atom stereocenters. The minimum absolute atomic E-state index is 0.123. The number of carbonyl (C=O) groups excluding carboxylic acids is 1. The third kappa shape index (κ3) is 4.04. The number of rotatable bonds is 5. The van der Waals surface area contributed by atoms with Gasteiger partial charge in [0.15, 0.2) is 0 Å². The van der Waals surface area contributed by atoms with E-state index in [1.165, 1.54) is 6.07 Å². The van der Waals surface area contributed by atoms with Crippen LogP contribution in [-0.2, 0) is 11.2 Å². The number of aryl methyl sites for hydroxylation is 1. The molecule has 1 fully saturated rings. The van der Waals surface area contributed by atoms with Gasteiger partial charge < -0.3 is 10.2 Å². The van der Waals surface area contributed by atoms with E-state index >= 15 is 0 Å². The topological polar surface area (TPSA) is 32.3 Å². The fourth-order valence-corrected chi connectivity index (χ4v) is 2.71. The monoisotopic (exact) mass is 278 g/mol. The fraction of sp³-hybridized carbons (Fsp3) is 0.562. The number of nitrogens with zero attached hydrogens (tertiary/aromatic N) is 1. The molecule has 0 aliphatic carbocycles. The Hall–Kier alpha value is -1.42. The molecule has 0 aromatic heterocycles. The number of likely N-dealkylation sites (tertiary alicyclic amines) is 1. The lowest BCUT2D eigenvalue weighted by molar-refractivity contribution is -0.132. The predicted octanol–water partition coefficient (Wildman–Crippen LogP) is 2.36. The molecule has 1 amide bonds. The van der Waals surface area contributed by atoms with Gasteiger partial charge >= 0.3 is 0 Å². The van der Waals surface area contributed by atoms with Crippen molar-refractivity contribution in [3.05, 3.63) is 35.6 Å². The van der Waals surface area contributed by atoms with E-state index in [9.17, 15) is 9.18 Å². The van der Waals surface area contributed by atoms with E-state index in [4.69, 9.17) is 0 Å². The van der Waals surface area contributed by atoms with Gasteiger partial charge in [-0.15, -0.1) is 0 Å². The standard InChI is InChI=1S/C16H23FN2O/c1-12(7-8-13-5-3-4-6-15(13)17)18-14-9-10-16(20)19(2)11-14/h3-6,12,14,18H,7-11H2,1-2H3/t12-,14-/m0/s1. The van der Waals surface area contributed by atoms with Crippen LogP contribution in [0.15, 0.2) is 24.3 Å². The Labute approximate surface area is 120 Å². The van der Waals surface area contributed by atoms with E-state index in [1.807, 2.05) is 19.2 Å². The third-order valence-corrected chi connectivity index (χ3v) is 3.95. The molecule has 0 saturated carbocycles. The first-order valence-electron chi connectivity index (χ1n) is 7.29. The zero-order valence-corrected chi connectivity index (χ0v) is 12.2. The second kappa shape index (κ2) is 6.84. The van der Waals surface area contributed by atoms with Crippen molar-refractivity contribution in [1.82, 2.24) is 10.2 Å². The van der Waals surface area contributed by atoms with E-state index in [0.717, 1.165) is 31.4 Å². The molecule has 4 heteroatoms. The molecule has 1 aromatic carbocycles. The van der Waals surface area contributed by atoms with E-state index in [2.05, 4.69) is 12.2 Å². The summed E-state index contributed by atoms with van der Waals surface area (Å²) in [5.74, 6) is 0.102. The molecule has 0 spiro atoms. The molecule has 1 aliphatic rings. The summed E-state index contributed by atoms with van der Waals surface area (Å²) in [6.45, 7) is 2.89. The van der Waals surface area contributed by atoms with Crippen LogP contribution in [0.2, 0.25) is 0 Å². The maximum absolute atomic E-state index is 13.5. The maximum Gasteiger partial charge on any atom is 0.222 e. The SMILES string of the molecule is C[C@@H](CCc1ccccc1F)N[C@H]1CCC(=O)N(C)C1. The van der Waals surface area contributed by atoms with Crippen LogP contribution in [0.3, 0.4) is 0 Å². The van der Waals surface area contributed by atoms with Gasteiger partial charge in [-0.05, 0) is 37.8 Å². The minimum atomic E-state index is -0.123. The lowest BCUT2D eigenvalue weighted by Gasteiger charge is -2.32. The smallest absolute Gasteiger partial charge is 0.222 e. The second-order valence-corrected chi connectivity index (χ2v) is 5.71. The fourth-order valence-electron chi connectivity index (χ4n) is 2.71. The van der Waals surface area contributed by atoms with Crippen molar-refractivity contribution in [2.75, 3.05) is 13.6 Å². The number of hydrogen-bond acceptors (Lipinski definition) is 2. The van der Waals surface area contributed by atoms with Crippen molar-refractivity contribution in [3.8, 4) is 0 Å². The molecule has 1 saturated heterocycles. The highest BCUT2D eigenvalue weighted by atomic mass is 19.1. The molecule has 20 heavy (non-hydrogen) atoms. The molecule has 0 bridgehead atoms. The molecule has 110 valence electrons. The zero-order valence-electron chi connectivity index (χ0n) is 12.2. The molecule has 1 N–H and O–H groups in total. The lowest BCUT2D eigenvalue weighted by atomic mass is 10.0. The van der Waals surface area contributed by atoms with Gasteiger partial charge in [0.2, 0.25) is 5.91 Å². The number of likely N-dealkylation sites (N-methyl/N-ethyl adjacent to an activating group) is 1. The Morgan fingerprint density at radius 2 is 2.20 bits per heavy atom. The molecular formula is C16H23FN2O. The number of nitrogens with one attached hydrogen (secondary N) is 1. The van der Waals surface area contributed by atoms with Gasteiger partial charge in [0.25, 0.3) is 0 Å². The van der Waals surface area contributed by atoms with Crippen LogP contribution in [0.4, 0.5) is 4.39 Å². The first kappa shape index (κ1) is 15.0. The summed E-state index contributed by atoms with van der Waals surface area (Å²) < 4.78 is 13.5. The summed E-state index contributed by atoms with van der Waals surface area (Å²) in [6, 6.07) is 7.62. The van der Waals surface area contributed by atoms with Gasteiger partial charge in [0.05, 0.1) is 0 Å². The van der Waals surface area contributed by atoms with Crippen LogP contribution in [0.25, 0.3) is 0 Å². The highest BCUT2D eigenvalue weighted by Gasteiger charge is 2.23. The first-order valence-corrected chi connectivity index (χ1v) is 7.29. The number of hydrogen-bond donors (Lipinski definition) is 1. The quantitative estimate of drug-likeness (QED) is 0.896. The maximum atomic E-state index is 13.5. The Balaban J connectivity index is 1.77. The Bertz CT molecular complexity index is 464. The van der Waals surface area contributed by atoms with Gasteiger partial charge in [-0.1, -0.05) is 18.2 Å². The predicted molar refractivity (Wildman–Crippen MR) is 78.0 cm³/mol. The summed E-state index contributed by atoms with van der Waals surface area (Å²) in [7, 11) is 1.85. The van der Waals surface area contributed by atoms with Gasteiger partial charge in [0.1, 0.15) is 5.82 Å². The van der Waals surface area contributed by atoms with Crippen molar-refractivity contribution in [2.24, 2.45) is 0 Å². The van der Waals surface area contributed by atoms with E-state index in [-0.39, 0.29) is 11.7 Å². The van der Waals surface area contributed by atoms with Crippen LogP contribution in [0.5, 0.6) is 0 Å². The molecule has 3 nitrogen and oxygen atoms in total. The molecule has 0 unspecified atom stereocenters. The molecule has 1 aromatic rings. The Morgan fingerprint density at radius 1 is 1.45 bits per heavy atom. The van der Waals surface area contributed by atoms with Crippen molar-refractivity contribution < 1.29 is 9.18 Å². The Morgan fingerprint density at radius 3 is 2.90 bits per heavy atom. The number of amides is 1. The van der Waals surface area contributed by atoms with Crippen molar-refractivity contribution in [1.29, 1.82) is 0 Å². The lowest BCUT2D eigenvalue weighted by Crippen LogP contribution is -2.49. The van der Waals surface area contributed by atoms with Gasteiger partial charge in [-0.25, -0.2) is 4.39 Å². The summed E-state index contributed by atoms with van der Waals surface area (Å²) in [6.07, 6.45) is 3.15. The van der Waals surface area contributed by atoms with Gasteiger partial charge in [-0.3, -0.25) is 4.79 Å². The number of carbonyl (C=O) groups is 1. The normalized spacial score (nSPS) is 21.1. The van der Waals surface area contributed by atoms with Crippen LogP contribution < -0.4 is 5.32 Å². The first-order chi connectivity index (χ1) is 9.56. The van der Waals surface area contributed by atoms with Gasteiger partial charge in [-0.2, -0.15) is 0 Å². The van der Waals surface area contributed by atoms with Crippen LogP contribution in [0.1, 0.15) is 31.7 Å². The zero-order chi connectivity index (χ0) is 14.5. The summed E-state index contributed by atoms with van der Waals surface area (Å²) in [4.78, 5) is 13.2. The minimum Gasteiger partial charge on any atom is -0.344 e. The van der Waals surface area contributed by atoms with Crippen molar-refractivity contribution in [3.63, 3.8) is 0 Å². The third-order valence-electron chi connectivity index (χ3n) is 3.95. The van der Waals surface area contributed by atoms with E-state index < -0.39 is 0 Å². The second-order valence-electron chi connectivity index (χ2n) is 5.71. The molecule has 1 heterocycles. The highest BCUT2D eigenvalue weighted by molar-refractivity contribution is 5.76. The summed E-state index contributed by atoms with van der Waals surface area (Å²) >= 11 is 0. The summed E-state index contributed by atoms with van der Waals surface area (Å²) in [5.41, 5.74) is 0.775. The molecule has 2 rings (SSSR count). The van der Waals surface area contributed by atoms with Gasteiger partial charge in [0, 0.05) is 32.1 Å². The van der Waals surface area contributed by atoms with Crippen LogP contribution in [0, 0.1) is 5.82 Å². The van der Waals surface area contributed by atoms with E-state index in [1.54, 1.807) is 11.0 Å².